The van der Waals surface area contributed by atoms with Gasteiger partial charge >= 0.3 is 0 Å². The summed E-state index contributed by atoms with van der Waals surface area (Å²) in [4.78, 5) is 13.8. The Morgan fingerprint density at radius 1 is 1.33 bits per heavy atom. The fraction of sp³-hybridized carbons (Fsp3) is 0.417. The van der Waals surface area contributed by atoms with Gasteiger partial charge in [-0.2, -0.15) is 0 Å². The predicted octanol–water partition coefficient (Wildman–Crippen LogP) is 2.48. The second kappa shape index (κ2) is 6.54. The number of nitrogens with one attached hydrogen (secondary N) is 1. The van der Waals surface area contributed by atoms with Crippen LogP contribution in [-0.2, 0) is 9.53 Å². The average Bonchev–Trinajstić information content (AvgIpc) is 2.38. The lowest BCUT2D eigenvalue weighted by molar-refractivity contribution is -0.133. The number of carbonyl (C=O) groups excluding carboxylic acids is 1. The van der Waals surface area contributed by atoms with Crippen LogP contribution in [0.3, 0.4) is 0 Å². The van der Waals surface area contributed by atoms with Crippen molar-refractivity contribution in [2.75, 3.05) is 38.2 Å². The molecule has 0 unspecified atom stereocenters. The Kier molecular flexibility index (Phi) is 5.03. The third-order valence-electron chi connectivity index (χ3n) is 2.72. The zero-order chi connectivity index (χ0) is 13.0. The predicted molar refractivity (Wildman–Crippen MR) is 77.7 cm³/mol. The van der Waals surface area contributed by atoms with Crippen LogP contribution in [0.25, 0.3) is 0 Å². The molecule has 0 radical (unpaired) electrons. The van der Waals surface area contributed by atoms with E-state index >= 15 is 0 Å². The minimum absolute atomic E-state index is 0.105. The molecule has 1 heterocycles. The summed E-state index contributed by atoms with van der Waals surface area (Å²) in [7, 11) is 0. The molecule has 18 heavy (non-hydrogen) atoms. The summed E-state index contributed by atoms with van der Waals surface area (Å²) in [6.45, 7) is 2.94. The molecule has 1 N–H and O–H groups in total. The highest BCUT2D eigenvalue weighted by molar-refractivity contribution is 9.11. The van der Waals surface area contributed by atoms with Crippen molar-refractivity contribution < 1.29 is 9.53 Å². The van der Waals surface area contributed by atoms with Crippen LogP contribution in [-0.4, -0.2) is 43.7 Å². The number of amides is 1. The third kappa shape index (κ3) is 3.70. The van der Waals surface area contributed by atoms with Crippen molar-refractivity contribution >= 4 is 43.5 Å². The van der Waals surface area contributed by atoms with E-state index in [9.17, 15) is 4.79 Å². The zero-order valence-electron chi connectivity index (χ0n) is 9.79. The highest BCUT2D eigenvalue weighted by atomic mass is 79.9. The molecule has 0 bridgehead atoms. The van der Waals surface area contributed by atoms with Gasteiger partial charge in [0.1, 0.15) is 0 Å². The summed E-state index contributed by atoms with van der Waals surface area (Å²) in [5.74, 6) is 0.105. The standard InChI is InChI=1S/C12H14Br2N2O2/c13-9-1-2-11(10(14)7-9)15-8-12(17)16-3-5-18-6-4-16/h1-2,7,15H,3-6,8H2. The molecule has 0 spiro atoms. The maximum atomic E-state index is 11.9. The Morgan fingerprint density at radius 3 is 2.72 bits per heavy atom. The number of anilines is 1. The first-order valence-corrected chi connectivity index (χ1v) is 7.30. The summed E-state index contributed by atoms with van der Waals surface area (Å²) in [5.41, 5.74) is 0.916. The van der Waals surface area contributed by atoms with E-state index in [0.717, 1.165) is 14.6 Å². The van der Waals surface area contributed by atoms with Crippen LogP contribution >= 0.6 is 31.9 Å². The molecule has 98 valence electrons. The van der Waals surface area contributed by atoms with Crippen LogP contribution in [0.4, 0.5) is 5.69 Å². The van der Waals surface area contributed by atoms with Crippen molar-refractivity contribution in [3.05, 3.63) is 27.1 Å². The second-order valence-electron chi connectivity index (χ2n) is 3.97. The molecule has 1 aromatic rings. The highest BCUT2D eigenvalue weighted by Gasteiger charge is 2.16. The minimum Gasteiger partial charge on any atom is -0.378 e. The second-order valence-corrected chi connectivity index (χ2v) is 5.74. The van der Waals surface area contributed by atoms with Crippen LogP contribution < -0.4 is 5.32 Å². The van der Waals surface area contributed by atoms with Gasteiger partial charge in [0.15, 0.2) is 0 Å². The number of carbonyl (C=O) groups is 1. The summed E-state index contributed by atoms with van der Waals surface area (Å²) < 4.78 is 7.15. The van der Waals surface area contributed by atoms with Crippen molar-refractivity contribution in [2.45, 2.75) is 0 Å². The molecule has 0 atom stereocenters. The Morgan fingerprint density at radius 2 is 2.06 bits per heavy atom. The Bertz CT molecular complexity index is 434. The lowest BCUT2D eigenvalue weighted by atomic mass is 10.3. The van der Waals surface area contributed by atoms with Gasteiger partial charge in [-0.05, 0) is 34.1 Å². The molecule has 4 nitrogen and oxygen atoms in total. The summed E-state index contributed by atoms with van der Waals surface area (Å²) in [6.07, 6.45) is 0. The molecule has 1 amide bonds. The van der Waals surface area contributed by atoms with E-state index in [4.69, 9.17) is 4.74 Å². The van der Waals surface area contributed by atoms with Gasteiger partial charge in [-0.25, -0.2) is 0 Å². The van der Waals surface area contributed by atoms with Crippen LogP contribution in [0.5, 0.6) is 0 Å². The van der Waals surface area contributed by atoms with Crippen LogP contribution in [0, 0.1) is 0 Å². The van der Waals surface area contributed by atoms with E-state index < -0.39 is 0 Å². The minimum atomic E-state index is 0.105. The number of morpholine rings is 1. The van der Waals surface area contributed by atoms with Gasteiger partial charge in [0.25, 0.3) is 0 Å². The van der Waals surface area contributed by atoms with Gasteiger partial charge in [0, 0.05) is 27.7 Å². The molecule has 0 saturated carbocycles. The van der Waals surface area contributed by atoms with Gasteiger partial charge < -0.3 is 15.0 Å². The fourth-order valence-corrected chi connectivity index (χ4v) is 2.92. The Hall–Kier alpha value is -0.590. The van der Waals surface area contributed by atoms with Gasteiger partial charge in [-0.1, -0.05) is 15.9 Å². The van der Waals surface area contributed by atoms with Crippen molar-refractivity contribution in [1.29, 1.82) is 0 Å². The van der Waals surface area contributed by atoms with Crippen LogP contribution in [0.1, 0.15) is 0 Å². The Labute approximate surface area is 123 Å². The number of rotatable bonds is 3. The lowest BCUT2D eigenvalue weighted by Gasteiger charge is -2.27. The monoisotopic (exact) mass is 376 g/mol. The van der Waals surface area contributed by atoms with Gasteiger partial charge in [0.05, 0.1) is 19.8 Å². The number of halogens is 2. The van der Waals surface area contributed by atoms with Gasteiger partial charge in [-0.15, -0.1) is 0 Å². The number of ether oxygens (including phenoxy) is 1. The number of benzene rings is 1. The largest absolute Gasteiger partial charge is 0.378 e. The van der Waals surface area contributed by atoms with E-state index in [1.54, 1.807) is 0 Å². The maximum absolute atomic E-state index is 11.9. The van der Waals surface area contributed by atoms with E-state index in [-0.39, 0.29) is 5.91 Å². The van der Waals surface area contributed by atoms with Gasteiger partial charge in [-0.3, -0.25) is 4.79 Å². The molecule has 1 saturated heterocycles. The number of hydrogen-bond donors (Lipinski definition) is 1. The third-order valence-corrected chi connectivity index (χ3v) is 3.87. The molecule has 2 rings (SSSR count). The summed E-state index contributed by atoms with van der Waals surface area (Å²) in [6, 6.07) is 5.81. The van der Waals surface area contributed by atoms with E-state index in [2.05, 4.69) is 37.2 Å². The summed E-state index contributed by atoms with van der Waals surface area (Å²) >= 11 is 6.85. The zero-order valence-corrected chi connectivity index (χ0v) is 13.0. The molecule has 1 aliphatic heterocycles. The average molecular weight is 378 g/mol. The van der Waals surface area contributed by atoms with E-state index in [0.29, 0.717) is 32.8 Å². The molecular weight excluding hydrogens is 364 g/mol. The summed E-state index contributed by atoms with van der Waals surface area (Å²) in [5, 5.41) is 3.14. The topological polar surface area (TPSA) is 41.6 Å². The van der Waals surface area contributed by atoms with Crippen molar-refractivity contribution in [3.8, 4) is 0 Å². The Balaban J connectivity index is 1.88. The van der Waals surface area contributed by atoms with Gasteiger partial charge in [0.2, 0.25) is 5.91 Å². The van der Waals surface area contributed by atoms with Crippen LogP contribution in [0.2, 0.25) is 0 Å². The highest BCUT2D eigenvalue weighted by Crippen LogP contribution is 2.25. The SMILES string of the molecule is O=C(CNc1ccc(Br)cc1Br)N1CCOCC1. The molecule has 1 aliphatic rings. The molecular formula is C12H14Br2N2O2. The smallest absolute Gasteiger partial charge is 0.242 e. The maximum Gasteiger partial charge on any atom is 0.242 e. The van der Waals surface area contributed by atoms with Crippen molar-refractivity contribution in [2.24, 2.45) is 0 Å². The van der Waals surface area contributed by atoms with E-state index in [1.165, 1.54) is 0 Å². The van der Waals surface area contributed by atoms with Crippen LogP contribution in [0.15, 0.2) is 27.1 Å². The first-order valence-electron chi connectivity index (χ1n) is 5.71. The quantitative estimate of drug-likeness (QED) is 0.879. The van der Waals surface area contributed by atoms with Crippen molar-refractivity contribution in [3.63, 3.8) is 0 Å². The fourth-order valence-electron chi connectivity index (χ4n) is 1.73. The molecule has 1 aromatic carbocycles. The molecule has 0 aromatic heterocycles. The molecule has 0 aliphatic carbocycles. The number of nitrogens with zero attached hydrogens (tertiary/aromatic N) is 1. The lowest BCUT2D eigenvalue weighted by Crippen LogP contribution is -2.43. The first kappa shape index (κ1) is 13.8. The molecule has 1 fully saturated rings. The molecule has 6 heteroatoms. The van der Waals surface area contributed by atoms with Crippen molar-refractivity contribution in [1.82, 2.24) is 4.90 Å². The first-order chi connectivity index (χ1) is 8.66. The normalized spacial score (nSPS) is 15.6. The number of hydrogen-bond acceptors (Lipinski definition) is 3. The van der Waals surface area contributed by atoms with E-state index in [1.807, 2.05) is 23.1 Å².